The van der Waals surface area contributed by atoms with E-state index in [1.807, 2.05) is 17.3 Å². The third-order valence-electron chi connectivity index (χ3n) is 7.98. The number of amides is 1. The van der Waals surface area contributed by atoms with Crippen molar-refractivity contribution in [3.8, 4) is 11.8 Å². The summed E-state index contributed by atoms with van der Waals surface area (Å²) in [7, 11) is 0. The lowest BCUT2D eigenvalue weighted by Gasteiger charge is -2.41. The van der Waals surface area contributed by atoms with Gasteiger partial charge in [-0.05, 0) is 49.3 Å². The number of carbonyl (C=O) groups excluding carboxylic acids is 1. The molecule has 2 atom stereocenters. The van der Waals surface area contributed by atoms with E-state index in [0.29, 0.717) is 54.6 Å². The number of hydrogen-bond acceptors (Lipinski definition) is 8. The van der Waals surface area contributed by atoms with E-state index in [-0.39, 0.29) is 48.9 Å². The van der Waals surface area contributed by atoms with Gasteiger partial charge in [-0.2, -0.15) is 18.4 Å². The minimum atomic E-state index is -4.61. The zero-order valence-corrected chi connectivity index (χ0v) is 22.7. The largest absolute Gasteiger partial charge is 0.761 e. The third-order valence-corrected chi connectivity index (χ3v) is 7.98. The Morgan fingerprint density at radius 2 is 2.02 bits per heavy atom. The summed E-state index contributed by atoms with van der Waals surface area (Å²) in [6.45, 7) is 7.22. The number of nitrogens with one attached hydrogen (secondary N) is 1. The SMILES string of the molecule is C=CC(C#N)=C(c1ccc(OCC2CC2)cc1N[O-])N1CCC(C(=O)N2CCn3c(nnc3C(F)(F)F)C2)C(C)C1. The molecule has 218 valence electrons. The van der Waals surface area contributed by atoms with Gasteiger partial charge in [0.1, 0.15) is 11.8 Å². The van der Waals surface area contributed by atoms with Crippen LogP contribution >= 0.6 is 0 Å². The summed E-state index contributed by atoms with van der Waals surface area (Å²) in [6, 6.07) is 7.32. The predicted octanol–water partition coefficient (Wildman–Crippen LogP) is 4.42. The number of carbonyl (C=O) groups is 1. The van der Waals surface area contributed by atoms with Gasteiger partial charge in [-0.3, -0.25) is 4.79 Å². The van der Waals surface area contributed by atoms with Crippen molar-refractivity contribution in [1.29, 1.82) is 5.26 Å². The van der Waals surface area contributed by atoms with Gasteiger partial charge >= 0.3 is 6.18 Å². The zero-order chi connectivity index (χ0) is 29.3. The van der Waals surface area contributed by atoms with E-state index in [1.54, 1.807) is 23.1 Å². The Hall–Kier alpha value is -4.05. The summed E-state index contributed by atoms with van der Waals surface area (Å²) >= 11 is 0. The van der Waals surface area contributed by atoms with Crippen LogP contribution in [0.2, 0.25) is 0 Å². The normalized spacial score (nSPS) is 21.5. The van der Waals surface area contributed by atoms with Crippen LogP contribution in [0.4, 0.5) is 18.9 Å². The van der Waals surface area contributed by atoms with Crippen LogP contribution in [-0.4, -0.2) is 56.7 Å². The number of nitrogens with zero attached hydrogens (tertiary/aromatic N) is 6. The van der Waals surface area contributed by atoms with E-state index in [2.05, 4.69) is 22.8 Å². The summed E-state index contributed by atoms with van der Waals surface area (Å²) in [5, 5.41) is 28.8. The summed E-state index contributed by atoms with van der Waals surface area (Å²) in [5.74, 6) is -0.489. The number of likely N-dealkylation sites (tertiary alicyclic amines) is 1. The van der Waals surface area contributed by atoms with E-state index in [0.717, 1.165) is 17.4 Å². The van der Waals surface area contributed by atoms with Crippen molar-refractivity contribution in [2.75, 3.05) is 31.7 Å². The molecule has 1 amide bonds. The van der Waals surface area contributed by atoms with Crippen molar-refractivity contribution in [1.82, 2.24) is 24.6 Å². The molecule has 1 aromatic carbocycles. The number of rotatable bonds is 8. The van der Waals surface area contributed by atoms with Crippen molar-refractivity contribution in [3.63, 3.8) is 0 Å². The third kappa shape index (κ3) is 5.88. The Morgan fingerprint density at radius 1 is 1.24 bits per heavy atom. The van der Waals surface area contributed by atoms with Gasteiger partial charge in [0.05, 0.1) is 24.4 Å². The van der Waals surface area contributed by atoms with Gasteiger partial charge in [0.25, 0.3) is 0 Å². The first-order valence-electron chi connectivity index (χ1n) is 13.6. The van der Waals surface area contributed by atoms with Crippen LogP contribution in [0.15, 0.2) is 36.4 Å². The quantitative estimate of drug-likeness (QED) is 0.281. The second-order valence-electron chi connectivity index (χ2n) is 10.8. The number of hydrogen-bond donors (Lipinski definition) is 1. The highest BCUT2D eigenvalue weighted by Gasteiger charge is 2.41. The molecular formula is C28H31F3N7O3-. The molecule has 1 aromatic heterocycles. The smallest absolute Gasteiger partial charge is 0.451 e. The lowest BCUT2D eigenvalue weighted by atomic mass is 9.84. The highest BCUT2D eigenvalue weighted by Crippen LogP contribution is 2.38. The summed E-state index contributed by atoms with van der Waals surface area (Å²) in [4.78, 5) is 17.0. The van der Waals surface area contributed by atoms with E-state index in [4.69, 9.17) is 4.74 Å². The lowest BCUT2D eigenvalue weighted by molar-refractivity contribution is -0.148. The number of ether oxygens (including phenoxy) is 1. The molecule has 1 aliphatic carbocycles. The number of allylic oxidation sites excluding steroid dienone is 2. The first-order valence-corrected chi connectivity index (χ1v) is 13.6. The molecule has 13 heteroatoms. The molecule has 1 N–H and O–H groups in total. The molecule has 0 radical (unpaired) electrons. The van der Waals surface area contributed by atoms with Gasteiger partial charge < -0.3 is 29.8 Å². The molecule has 1 saturated heterocycles. The second-order valence-corrected chi connectivity index (χ2v) is 10.8. The Labute approximate surface area is 235 Å². The van der Waals surface area contributed by atoms with Crippen LogP contribution < -0.4 is 10.2 Å². The Bertz CT molecular complexity index is 1390. The standard InChI is InChI=1S/C28H31F3N7O3/c1-3-19(13-32)25(22-7-6-20(12-23(22)35-40)41-16-18-4-5-18)36-9-8-21(17(2)14-36)26(39)37-10-11-38-24(15-37)33-34-27(38)28(29,30)31/h3,6-7,12,17-18,21,35H,1,4-5,8-11,14-16H2,2H3/q-1. The highest BCUT2D eigenvalue weighted by atomic mass is 19.4. The maximum Gasteiger partial charge on any atom is 0.451 e. The Kier molecular flexibility index (Phi) is 7.95. The number of anilines is 1. The van der Waals surface area contributed by atoms with Gasteiger partial charge in [-0.25, -0.2) is 0 Å². The van der Waals surface area contributed by atoms with E-state index >= 15 is 0 Å². The minimum absolute atomic E-state index is 0.0285. The van der Waals surface area contributed by atoms with Gasteiger partial charge in [-0.15, -0.1) is 10.2 Å². The molecule has 5 rings (SSSR count). The Morgan fingerprint density at radius 3 is 2.66 bits per heavy atom. The maximum absolute atomic E-state index is 13.5. The summed E-state index contributed by atoms with van der Waals surface area (Å²) in [5.41, 5.74) is 3.61. The second kappa shape index (κ2) is 11.4. The van der Waals surface area contributed by atoms with Gasteiger partial charge in [0, 0.05) is 49.4 Å². The molecule has 0 bridgehead atoms. The molecule has 1 saturated carbocycles. The fraction of sp³-hybridized carbons (Fsp3) is 0.500. The van der Waals surface area contributed by atoms with Crippen molar-refractivity contribution in [2.45, 2.75) is 45.5 Å². The number of aromatic nitrogens is 3. The first-order chi connectivity index (χ1) is 19.6. The first kappa shape index (κ1) is 28.5. The number of halogens is 3. The van der Waals surface area contributed by atoms with Crippen LogP contribution in [0.1, 0.15) is 43.4 Å². The molecule has 41 heavy (non-hydrogen) atoms. The van der Waals surface area contributed by atoms with Gasteiger partial charge in [0.15, 0.2) is 5.82 Å². The molecule has 10 nitrogen and oxygen atoms in total. The fourth-order valence-corrected chi connectivity index (χ4v) is 5.59. The van der Waals surface area contributed by atoms with Crippen molar-refractivity contribution in [3.05, 3.63) is 58.8 Å². The van der Waals surface area contributed by atoms with E-state index in [9.17, 15) is 28.4 Å². The van der Waals surface area contributed by atoms with Crippen molar-refractivity contribution < 1.29 is 22.7 Å². The number of benzene rings is 1. The zero-order valence-electron chi connectivity index (χ0n) is 22.7. The molecule has 0 spiro atoms. The monoisotopic (exact) mass is 570 g/mol. The van der Waals surface area contributed by atoms with Crippen molar-refractivity contribution >= 4 is 17.3 Å². The number of fused-ring (bicyclic) bond motifs is 1. The van der Waals surface area contributed by atoms with Crippen LogP contribution in [-0.2, 0) is 24.1 Å². The average Bonchev–Trinajstić information content (AvgIpc) is 3.69. The van der Waals surface area contributed by atoms with E-state index in [1.165, 1.54) is 6.08 Å². The predicted molar refractivity (Wildman–Crippen MR) is 144 cm³/mol. The molecule has 3 heterocycles. The van der Waals surface area contributed by atoms with Crippen LogP contribution in [0.5, 0.6) is 5.75 Å². The Balaban J connectivity index is 1.32. The lowest BCUT2D eigenvalue weighted by Crippen LogP contribution is -2.48. The van der Waals surface area contributed by atoms with Gasteiger partial charge in [-0.1, -0.05) is 13.5 Å². The van der Waals surface area contributed by atoms with Crippen LogP contribution in [0, 0.1) is 34.3 Å². The number of alkyl halides is 3. The number of piperidine rings is 1. The topological polar surface area (TPSA) is 122 Å². The molecule has 3 aliphatic rings. The minimum Gasteiger partial charge on any atom is -0.761 e. The van der Waals surface area contributed by atoms with Gasteiger partial charge in [0.2, 0.25) is 11.7 Å². The highest BCUT2D eigenvalue weighted by molar-refractivity contribution is 5.82. The maximum atomic E-state index is 13.5. The fourth-order valence-electron chi connectivity index (χ4n) is 5.59. The van der Waals surface area contributed by atoms with Crippen LogP contribution in [0.25, 0.3) is 5.70 Å². The molecular weight excluding hydrogens is 539 g/mol. The summed E-state index contributed by atoms with van der Waals surface area (Å²) < 4.78 is 46.5. The molecule has 2 aromatic rings. The summed E-state index contributed by atoms with van der Waals surface area (Å²) in [6.07, 6.45) is -0.431. The van der Waals surface area contributed by atoms with Crippen LogP contribution in [0.3, 0.4) is 0 Å². The number of nitriles is 1. The molecule has 2 fully saturated rings. The van der Waals surface area contributed by atoms with E-state index < -0.39 is 12.0 Å². The molecule has 2 aliphatic heterocycles. The average molecular weight is 571 g/mol. The molecule has 2 unspecified atom stereocenters. The van der Waals surface area contributed by atoms with Crippen molar-refractivity contribution in [2.24, 2.45) is 17.8 Å².